The number of unbranched alkanes of at least 4 members (excludes halogenated alkanes) is 1. The van der Waals surface area contributed by atoms with Gasteiger partial charge >= 0.3 is 12.4 Å². The number of rotatable bonds is 9. The van der Waals surface area contributed by atoms with Crippen LogP contribution in [0.5, 0.6) is 17.2 Å². The molecule has 0 bridgehead atoms. The summed E-state index contributed by atoms with van der Waals surface area (Å²) in [6.45, 7) is 13.8. The number of ether oxygens (including phenoxy) is 2. The van der Waals surface area contributed by atoms with E-state index >= 15 is 0 Å². The lowest BCUT2D eigenvalue weighted by Crippen LogP contribution is -2.14. The number of carbonyl (C=O) groups is 1. The Bertz CT molecular complexity index is 1480. The lowest BCUT2D eigenvalue weighted by Gasteiger charge is -2.20. The van der Waals surface area contributed by atoms with Crippen molar-refractivity contribution < 1.29 is 40.6 Å². The number of aryl methyl sites for hydroxylation is 1. The predicted molar refractivity (Wildman–Crippen MR) is 166 cm³/mol. The molecule has 0 unspecified atom stereocenters. The highest BCUT2D eigenvalue weighted by Crippen LogP contribution is 2.46. The molecule has 0 aliphatic rings. The van der Waals surface area contributed by atoms with Crippen molar-refractivity contribution in [3.8, 4) is 17.2 Å². The largest absolute Gasteiger partial charge is 0.494 e. The molecular weight excluding hydrogens is 596 g/mol. The summed E-state index contributed by atoms with van der Waals surface area (Å²) < 4.78 is 91.2. The second-order valence-corrected chi connectivity index (χ2v) is 10.4. The first kappa shape index (κ1) is 37.2. The summed E-state index contributed by atoms with van der Waals surface area (Å²) in [6.07, 6.45) is -5.49. The van der Waals surface area contributed by atoms with Gasteiger partial charge in [0.25, 0.3) is 0 Å². The van der Waals surface area contributed by atoms with Crippen LogP contribution in [-0.4, -0.2) is 17.4 Å². The summed E-state index contributed by atoms with van der Waals surface area (Å²) in [4.78, 5) is 14.4. The number of benzene rings is 3. The molecule has 1 N–H and O–H groups in total. The number of hydrogen-bond acceptors (Lipinski definition) is 3. The van der Waals surface area contributed by atoms with Crippen LogP contribution in [0, 0.1) is 6.92 Å². The fraction of sp³-hybridized carbons (Fsp3) is 0.400. The van der Waals surface area contributed by atoms with Crippen molar-refractivity contribution in [1.29, 1.82) is 0 Å². The third-order valence-corrected chi connectivity index (χ3v) is 6.64. The number of nitrogens with one attached hydrogen (secondary N) is 1. The van der Waals surface area contributed by atoms with E-state index in [-0.39, 0.29) is 23.0 Å². The SMILES string of the molecule is CC.CCCCOc1ccc(C(=O)CC)cc1.Cc1cc(C(F)(F)F)c(Oc2ccc3[nH]cc(C(C)C)c3c2)c(C(F)(F)F)c1. The van der Waals surface area contributed by atoms with Gasteiger partial charge < -0.3 is 14.5 Å². The highest BCUT2D eigenvalue weighted by Gasteiger charge is 2.42. The zero-order valence-corrected chi connectivity index (χ0v) is 26.7. The number of alkyl halides is 6. The molecule has 0 saturated carbocycles. The summed E-state index contributed by atoms with van der Waals surface area (Å²) in [5.41, 5.74) is -0.713. The van der Waals surface area contributed by atoms with Gasteiger partial charge in [0.1, 0.15) is 11.5 Å². The summed E-state index contributed by atoms with van der Waals surface area (Å²) in [7, 11) is 0. The lowest BCUT2D eigenvalue weighted by molar-refractivity contribution is -0.145. The second kappa shape index (κ2) is 16.4. The number of hydrogen-bond donors (Lipinski definition) is 1. The quantitative estimate of drug-likeness (QED) is 0.113. The molecule has 4 aromatic rings. The van der Waals surface area contributed by atoms with Crippen LogP contribution in [-0.2, 0) is 12.4 Å². The van der Waals surface area contributed by atoms with E-state index in [0.29, 0.717) is 29.5 Å². The molecule has 3 aromatic carbocycles. The van der Waals surface area contributed by atoms with E-state index in [1.54, 1.807) is 12.3 Å². The predicted octanol–water partition coefficient (Wildman–Crippen LogP) is 11.9. The number of Topliss-reactive ketones (excluding diaryl/α,β-unsaturated/α-hetero) is 1. The number of aromatic amines is 1. The Kier molecular flexibility index (Phi) is 13.6. The number of halogens is 6. The number of fused-ring (bicyclic) bond motifs is 1. The number of aromatic nitrogens is 1. The molecule has 4 rings (SSSR count). The van der Waals surface area contributed by atoms with Gasteiger partial charge in [0, 0.05) is 29.1 Å². The van der Waals surface area contributed by atoms with Crippen LogP contribution in [0.3, 0.4) is 0 Å². The minimum atomic E-state index is -5.00. The van der Waals surface area contributed by atoms with Gasteiger partial charge in [-0.05, 0) is 85.0 Å². The van der Waals surface area contributed by atoms with Gasteiger partial charge in [0.05, 0.1) is 17.7 Å². The second-order valence-electron chi connectivity index (χ2n) is 10.4. The molecule has 0 amide bonds. The van der Waals surface area contributed by atoms with Crippen LogP contribution in [0.2, 0.25) is 0 Å². The van der Waals surface area contributed by atoms with Gasteiger partial charge in [-0.15, -0.1) is 0 Å². The van der Waals surface area contributed by atoms with E-state index < -0.39 is 29.2 Å². The standard InChI is InChI=1S/C20H17F6NO.C13H18O2.C2H6/c1-10(2)14-9-27-17-5-4-12(8-13(14)17)28-18-15(19(21,22)23)6-11(3)7-16(18)20(24,25)26;1-3-5-10-15-12-8-6-11(7-9-12)13(14)4-2;1-2/h4-10,27H,1-3H3;6-9H,3-5,10H2,1-2H3;1-2H3. The zero-order chi connectivity index (χ0) is 33.9. The van der Waals surface area contributed by atoms with E-state index in [0.717, 1.165) is 36.3 Å². The van der Waals surface area contributed by atoms with Crippen LogP contribution in [0.4, 0.5) is 26.3 Å². The third kappa shape index (κ3) is 10.3. The highest BCUT2D eigenvalue weighted by molar-refractivity contribution is 5.95. The molecule has 0 fully saturated rings. The molecule has 4 nitrogen and oxygen atoms in total. The monoisotopic (exact) mass is 637 g/mol. The first-order valence-corrected chi connectivity index (χ1v) is 15.0. The molecule has 1 aromatic heterocycles. The van der Waals surface area contributed by atoms with E-state index in [1.165, 1.54) is 19.1 Å². The average Bonchev–Trinajstić information content (AvgIpc) is 3.42. The zero-order valence-electron chi connectivity index (χ0n) is 26.7. The fourth-order valence-electron chi connectivity index (χ4n) is 4.36. The molecule has 0 aliphatic heterocycles. The van der Waals surface area contributed by atoms with E-state index in [4.69, 9.17) is 9.47 Å². The molecule has 0 atom stereocenters. The van der Waals surface area contributed by atoms with Crippen molar-refractivity contribution in [2.75, 3.05) is 6.61 Å². The molecule has 0 radical (unpaired) electrons. The Labute approximate surface area is 260 Å². The number of H-pyrrole nitrogens is 1. The maximum Gasteiger partial charge on any atom is 0.420 e. The first-order valence-electron chi connectivity index (χ1n) is 15.0. The summed E-state index contributed by atoms with van der Waals surface area (Å²) in [6, 6.07) is 13.0. The van der Waals surface area contributed by atoms with Gasteiger partial charge in [0.15, 0.2) is 11.5 Å². The van der Waals surface area contributed by atoms with Gasteiger partial charge in [-0.1, -0.05) is 48.0 Å². The topological polar surface area (TPSA) is 51.3 Å². The van der Waals surface area contributed by atoms with Gasteiger partial charge in [-0.25, -0.2) is 0 Å². The molecule has 0 spiro atoms. The normalized spacial score (nSPS) is 11.4. The number of ketones is 1. The first-order chi connectivity index (χ1) is 21.1. The smallest absolute Gasteiger partial charge is 0.420 e. The van der Waals surface area contributed by atoms with E-state index in [9.17, 15) is 31.1 Å². The molecule has 246 valence electrons. The Morgan fingerprint density at radius 1 is 0.844 bits per heavy atom. The summed E-state index contributed by atoms with van der Waals surface area (Å²) >= 11 is 0. The van der Waals surface area contributed by atoms with E-state index in [1.807, 2.05) is 58.9 Å². The third-order valence-electron chi connectivity index (χ3n) is 6.64. The Hall–Kier alpha value is -3.95. The highest BCUT2D eigenvalue weighted by atomic mass is 19.4. The maximum absolute atomic E-state index is 13.4. The fourth-order valence-corrected chi connectivity index (χ4v) is 4.36. The average molecular weight is 638 g/mol. The van der Waals surface area contributed by atoms with Crippen LogP contribution >= 0.6 is 0 Å². The van der Waals surface area contributed by atoms with Crippen LogP contribution < -0.4 is 9.47 Å². The minimum absolute atomic E-state index is 0.103. The van der Waals surface area contributed by atoms with Crippen molar-refractivity contribution in [3.63, 3.8) is 0 Å². The Morgan fingerprint density at radius 2 is 1.40 bits per heavy atom. The number of carbonyl (C=O) groups excluding carboxylic acids is 1. The van der Waals surface area contributed by atoms with Crippen LogP contribution in [0.1, 0.15) is 99.3 Å². The molecule has 10 heteroatoms. The van der Waals surface area contributed by atoms with Crippen LogP contribution in [0.15, 0.2) is 60.8 Å². The maximum atomic E-state index is 13.4. The lowest BCUT2D eigenvalue weighted by atomic mass is 10.0. The molecule has 0 saturated heterocycles. The summed E-state index contributed by atoms with van der Waals surface area (Å²) in [5, 5.41) is 0.682. The van der Waals surface area contributed by atoms with Crippen molar-refractivity contribution >= 4 is 16.7 Å². The molecule has 45 heavy (non-hydrogen) atoms. The molecule has 1 heterocycles. The van der Waals surface area contributed by atoms with Gasteiger partial charge in [-0.3, -0.25) is 4.79 Å². The van der Waals surface area contributed by atoms with Crippen molar-refractivity contribution in [2.24, 2.45) is 0 Å². The van der Waals surface area contributed by atoms with Crippen molar-refractivity contribution in [2.45, 2.75) is 86.0 Å². The Balaban J connectivity index is 0.000000351. The Morgan fingerprint density at radius 3 is 1.89 bits per heavy atom. The molecule has 0 aliphatic carbocycles. The van der Waals surface area contributed by atoms with Crippen LogP contribution in [0.25, 0.3) is 10.9 Å². The van der Waals surface area contributed by atoms with Crippen molar-refractivity contribution in [1.82, 2.24) is 4.98 Å². The minimum Gasteiger partial charge on any atom is -0.494 e. The summed E-state index contributed by atoms with van der Waals surface area (Å²) in [5.74, 6) is -0.216. The van der Waals surface area contributed by atoms with Gasteiger partial charge in [0.2, 0.25) is 0 Å². The van der Waals surface area contributed by atoms with Gasteiger partial charge in [-0.2, -0.15) is 26.3 Å². The van der Waals surface area contributed by atoms with E-state index in [2.05, 4.69) is 11.9 Å². The van der Waals surface area contributed by atoms with Crippen molar-refractivity contribution in [3.05, 3.63) is 88.6 Å². The molecular formula is C35H41F6NO3.